The Morgan fingerprint density at radius 3 is 2.65 bits per heavy atom. The van der Waals surface area contributed by atoms with Crippen LogP contribution < -0.4 is 5.43 Å². The Kier molecular flexibility index (Phi) is 4.35. The molecule has 26 heavy (non-hydrogen) atoms. The number of carbonyl (C=O) groups is 1. The fourth-order valence-electron chi connectivity index (χ4n) is 3.02. The van der Waals surface area contributed by atoms with Crippen LogP contribution in [0.4, 0.5) is 4.39 Å². The van der Waals surface area contributed by atoms with Gasteiger partial charge in [-0.05, 0) is 42.2 Å². The number of hydrazone groups is 1. The van der Waals surface area contributed by atoms with E-state index in [4.69, 9.17) is 4.42 Å². The SMILES string of the molecule is O=C(NN=Cc1ccc(-c2ccccc2F)o1)[C@H]1C[C@@H]1c1ccccc1. The molecule has 1 aliphatic carbocycles. The van der Waals surface area contributed by atoms with Crippen molar-refractivity contribution in [3.63, 3.8) is 0 Å². The molecule has 1 amide bonds. The molecule has 0 bridgehead atoms. The zero-order chi connectivity index (χ0) is 17.9. The minimum Gasteiger partial charge on any atom is -0.455 e. The minimum atomic E-state index is -0.348. The predicted molar refractivity (Wildman–Crippen MR) is 97.1 cm³/mol. The maximum absolute atomic E-state index is 13.8. The quantitative estimate of drug-likeness (QED) is 0.551. The van der Waals surface area contributed by atoms with Crippen LogP contribution in [0, 0.1) is 11.7 Å². The van der Waals surface area contributed by atoms with E-state index in [9.17, 15) is 9.18 Å². The van der Waals surface area contributed by atoms with Gasteiger partial charge < -0.3 is 4.42 Å². The fourth-order valence-corrected chi connectivity index (χ4v) is 3.02. The van der Waals surface area contributed by atoms with Gasteiger partial charge in [0.25, 0.3) is 0 Å². The van der Waals surface area contributed by atoms with Gasteiger partial charge in [-0.3, -0.25) is 4.79 Å². The third-order valence-electron chi connectivity index (χ3n) is 4.49. The summed E-state index contributed by atoms with van der Waals surface area (Å²) in [6.45, 7) is 0. The monoisotopic (exact) mass is 348 g/mol. The molecule has 0 spiro atoms. The minimum absolute atomic E-state index is 0.0415. The number of hydrogen-bond donors (Lipinski definition) is 1. The number of amides is 1. The van der Waals surface area contributed by atoms with Crippen molar-refractivity contribution in [2.45, 2.75) is 12.3 Å². The molecule has 4 rings (SSSR count). The lowest BCUT2D eigenvalue weighted by Crippen LogP contribution is -2.20. The van der Waals surface area contributed by atoms with Gasteiger partial charge in [0.1, 0.15) is 17.3 Å². The van der Waals surface area contributed by atoms with Crippen molar-refractivity contribution in [1.29, 1.82) is 0 Å². The van der Waals surface area contributed by atoms with Crippen LogP contribution in [-0.4, -0.2) is 12.1 Å². The summed E-state index contributed by atoms with van der Waals surface area (Å²) in [4.78, 5) is 12.1. The van der Waals surface area contributed by atoms with E-state index >= 15 is 0 Å². The van der Waals surface area contributed by atoms with Gasteiger partial charge in [-0.15, -0.1) is 0 Å². The number of nitrogens with one attached hydrogen (secondary N) is 1. The predicted octanol–water partition coefficient (Wildman–Crippen LogP) is 4.34. The molecule has 1 aromatic heterocycles. The van der Waals surface area contributed by atoms with Crippen LogP contribution in [0.3, 0.4) is 0 Å². The summed E-state index contributed by atoms with van der Waals surface area (Å²) >= 11 is 0. The summed E-state index contributed by atoms with van der Waals surface area (Å²) in [6.07, 6.45) is 2.26. The van der Waals surface area contributed by atoms with E-state index in [2.05, 4.69) is 10.5 Å². The highest BCUT2D eigenvalue weighted by Gasteiger charge is 2.43. The molecule has 2 atom stereocenters. The lowest BCUT2D eigenvalue weighted by molar-refractivity contribution is -0.122. The maximum atomic E-state index is 13.8. The molecule has 1 aliphatic rings. The average Bonchev–Trinajstić information content (AvgIpc) is 3.35. The van der Waals surface area contributed by atoms with Gasteiger partial charge in [-0.25, -0.2) is 9.82 Å². The lowest BCUT2D eigenvalue weighted by Gasteiger charge is -1.99. The first-order valence-electron chi connectivity index (χ1n) is 8.45. The molecule has 0 aliphatic heterocycles. The summed E-state index contributed by atoms with van der Waals surface area (Å²) in [7, 11) is 0. The molecular formula is C21H17FN2O2. The van der Waals surface area contributed by atoms with Crippen molar-refractivity contribution in [2.24, 2.45) is 11.0 Å². The molecule has 1 N–H and O–H groups in total. The zero-order valence-electron chi connectivity index (χ0n) is 13.9. The van der Waals surface area contributed by atoms with E-state index in [0.717, 1.165) is 6.42 Å². The molecule has 1 fully saturated rings. The third kappa shape index (κ3) is 3.42. The molecule has 0 radical (unpaired) electrons. The van der Waals surface area contributed by atoms with Gasteiger partial charge in [-0.2, -0.15) is 5.10 Å². The van der Waals surface area contributed by atoms with Gasteiger partial charge in [0.05, 0.1) is 11.8 Å². The van der Waals surface area contributed by atoms with Crippen LogP contribution in [-0.2, 0) is 4.79 Å². The molecule has 5 heteroatoms. The number of carbonyl (C=O) groups excluding carboxylic acids is 1. The largest absolute Gasteiger partial charge is 0.455 e. The van der Waals surface area contributed by atoms with Crippen molar-refractivity contribution in [2.75, 3.05) is 0 Å². The topological polar surface area (TPSA) is 54.6 Å². The van der Waals surface area contributed by atoms with Gasteiger partial charge in [0, 0.05) is 5.92 Å². The van der Waals surface area contributed by atoms with Crippen molar-refractivity contribution in [1.82, 2.24) is 5.43 Å². The standard InChI is InChI=1S/C21H17FN2O2/c22-19-9-5-4-8-16(19)20-11-10-15(26-20)13-23-24-21(25)18-12-17(18)14-6-2-1-3-7-14/h1-11,13,17-18H,12H2,(H,24,25)/t17-,18+/m1/s1. The van der Waals surface area contributed by atoms with Gasteiger partial charge >= 0.3 is 0 Å². The van der Waals surface area contributed by atoms with E-state index in [1.54, 1.807) is 30.3 Å². The van der Waals surface area contributed by atoms with Gasteiger partial charge in [-0.1, -0.05) is 42.5 Å². The van der Waals surface area contributed by atoms with Crippen LogP contribution in [0.1, 0.15) is 23.7 Å². The van der Waals surface area contributed by atoms with Crippen LogP contribution in [0.15, 0.2) is 76.2 Å². The van der Waals surface area contributed by atoms with Crippen LogP contribution in [0.5, 0.6) is 0 Å². The summed E-state index contributed by atoms with van der Waals surface area (Å²) in [5.41, 5.74) is 4.12. The molecule has 1 heterocycles. The highest BCUT2D eigenvalue weighted by atomic mass is 19.1. The Balaban J connectivity index is 1.35. The number of nitrogens with zero attached hydrogens (tertiary/aromatic N) is 1. The molecule has 0 saturated heterocycles. The molecule has 4 nitrogen and oxygen atoms in total. The summed E-state index contributed by atoms with van der Waals surface area (Å²) < 4.78 is 19.3. The highest BCUT2D eigenvalue weighted by Crippen LogP contribution is 2.47. The number of furan rings is 1. The van der Waals surface area contributed by atoms with Crippen LogP contribution in [0.25, 0.3) is 11.3 Å². The molecule has 130 valence electrons. The molecule has 3 aromatic rings. The Bertz CT molecular complexity index is 949. The van der Waals surface area contributed by atoms with Crippen LogP contribution in [0.2, 0.25) is 0 Å². The summed E-state index contributed by atoms with van der Waals surface area (Å²) in [5.74, 6) is 0.638. The van der Waals surface area contributed by atoms with E-state index < -0.39 is 0 Å². The number of benzene rings is 2. The molecule has 0 unspecified atom stereocenters. The van der Waals surface area contributed by atoms with Crippen molar-refractivity contribution >= 4 is 12.1 Å². The van der Waals surface area contributed by atoms with Crippen molar-refractivity contribution < 1.29 is 13.6 Å². The fraction of sp³-hybridized carbons (Fsp3) is 0.143. The van der Waals surface area contributed by atoms with Crippen molar-refractivity contribution in [3.8, 4) is 11.3 Å². The first kappa shape index (κ1) is 16.3. The molecule has 2 aromatic carbocycles. The maximum Gasteiger partial charge on any atom is 0.243 e. The van der Waals surface area contributed by atoms with E-state index in [1.807, 2.05) is 30.3 Å². The Morgan fingerprint density at radius 2 is 1.85 bits per heavy atom. The summed E-state index contributed by atoms with van der Waals surface area (Å²) in [6, 6.07) is 19.7. The first-order valence-corrected chi connectivity index (χ1v) is 8.45. The van der Waals surface area contributed by atoms with Gasteiger partial charge in [0.2, 0.25) is 5.91 Å². The zero-order valence-corrected chi connectivity index (χ0v) is 13.9. The van der Waals surface area contributed by atoms with Crippen LogP contribution >= 0.6 is 0 Å². The smallest absolute Gasteiger partial charge is 0.243 e. The normalized spacial score (nSPS) is 18.8. The second-order valence-electron chi connectivity index (χ2n) is 6.28. The van der Waals surface area contributed by atoms with E-state index in [0.29, 0.717) is 17.1 Å². The second-order valence-corrected chi connectivity index (χ2v) is 6.28. The Labute approximate surface area is 150 Å². The highest BCUT2D eigenvalue weighted by molar-refractivity contribution is 5.85. The van der Waals surface area contributed by atoms with E-state index in [1.165, 1.54) is 17.8 Å². The first-order chi connectivity index (χ1) is 12.7. The number of halogens is 1. The number of rotatable bonds is 5. The molecular weight excluding hydrogens is 331 g/mol. The third-order valence-corrected chi connectivity index (χ3v) is 4.49. The van der Waals surface area contributed by atoms with Gasteiger partial charge in [0.15, 0.2) is 0 Å². The van der Waals surface area contributed by atoms with Crippen molar-refractivity contribution in [3.05, 3.63) is 83.9 Å². The second kappa shape index (κ2) is 6.96. The summed E-state index contributed by atoms with van der Waals surface area (Å²) in [5, 5.41) is 3.95. The number of hydrogen-bond acceptors (Lipinski definition) is 3. The average molecular weight is 348 g/mol. The molecule has 1 saturated carbocycles. The lowest BCUT2D eigenvalue weighted by atomic mass is 10.1. The Morgan fingerprint density at radius 1 is 1.08 bits per heavy atom. The Hall–Kier alpha value is -3.21. The van der Waals surface area contributed by atoms with E-state index in [-0.39, 0.29) is 23.6 Å².